The summed E-state index contributed by atoms with van der Waals surface area (Å²) in [5.41, 5.74) is 3.84. The van der Waals surface area contributed by atoms with Crippen LogP contribution in [-0.2, 0) is 9.59 Å². The topological polar surface area (TPSA) is 140 Å². The number of benzene rings is 2. The molecular formula is C29H38N4O5. The van der Waals surface area contributed by atoms with Crippen molar-refractivity contribution in [3.63, 3.8) is 0 Å². The summed E-state index contributed by atoms with van der Waals surface area (Å²) in [7, 11) is 0. The molecule has 2 atom stereocenters. The van der Waals surface area contributed by atoms with Crippen LogP contribution in [0.15, 0.2) is 48.5 Å². The van der Waals surface area contributed by atoms with E-state index in [-0.39, 0.29) is 18.9 Å². The molecule has 0 spiro atoms. The fourth-order valence-electron chi connectivity index (χ4n) is 4.09. The van der Waals surface area contributed by atoms with Gasteiger partial charge < -0.3 is 21.1 Å². The molecule has 1 aliphatic carbocycles. The quantitative estimate of drug-likeness (QED) is 0.179. The Balaban J connectivity index is 0.00000507. The second kappa shape index (κ2) is 14.9. The summed E-state index contributed by atoms with van der Waals surface area (Å²) >= 11 is 0. The number of hydrogen-bond acceptors (Lipinski definition) is 6. The zero-order valence-electron chi connectivity index (χ0n) is 21.1. The number of amides is 3. The number of aliphatic hydroxyl groups excluding tert-OH is 1. The van der Waals surface area contributed by atoms with Crippen molar-refractivity contribution in [1.29, 1.82) is 0 Å². The van der Waals surface area contributed by atoms with Gasteiger partial charge in [0.1, 0.15) is 6.04 Å². The molecule has 2 aromatic rings. The average Bonchev–Trinajstić information content (AvgIpc) is 2.90. The van der Waals surface area contributed by atoms with Crippen molar-refractivity contribution in [3.05, 3.63) is 65.2 Å². The molecule has 38 heavy (non-hydrogen) atoms. The molecular weight excluding hydrogens is 484 g/mol. The van der Waals surface area contributed by atoms with Gasteiger partial charge in [-0.3, -0.25) is 19.6 Å². The van der Waals surface area contributed by atoms with Gasteiger partial charge in [0.15, 0.2) is 0 Å². The lowest BCUT2D eigenvalue weighted by Gasteiger charge is -2.26. The van der Waals surface area contributed by atoms with Crippen molar-refractivity contribution >= 4 is 23.4 Å². The number of rotatable bonds is 8. The minimum absolute atomic E-state index is 0. The van der Waals surface area contributed by atoms with Gasteiger partial charge in [-0.05, 0) is 87.1 Å². The van der Waals surface area contributed by atoms with E-state index in [9.17, 15) is 19.5 Å². The van der Waals surface area contributed by atoms with E-state index in [0.717, 1.165) is 24.3 Å². The number of carbonyl (C=O) groups is 3. The number of carbonyl (C=O) groups excluding carboxylic acids is 3. The number of nitrogens with one attached hydrogen (secondary N) is 4. The minimum Gasteiger partial charge on any atom is -0.391 e. The van der Waals surface area contributed by atoms with Gasteiger partial charge in [-0.25, -0.2) is 5.48 Å². The zero-order chi connectivity index (χ0) is 26.8. The fraction of sp³-hybridized carbons (Fsp3) is 0.414. The van der Waals surface area contributed by atoms with Crippen molar-refractivity contribution in [3.8, 4) is 11.8 Å². The summed E-state index contributed by atoms with van der Waals surface area (Å²) in [6, 6.07) is 12.8. The average molecular weight is 523 g/mol. The van der Waals surface area contributed by atoms with E-state index in [2.05, 4.69) is 34.7 Å². The van der Waals surface area contributed by atoms with Crippen molar-refractivity contribution in [2.24, 2.45) is 5.92 Å². The molecule has 9 nitrogen and oxygen atoms in total. The normalized spacial score (nSPS) is 18.0. The molecule has 0 radical (unpaired) electrons. The van der Waals surface area contributed by atoms with Crippen LogP contribution in [-0.4, -0.2) is 52.8 Å². The summed E-state index contributed by atoms with van der Waals surface area (Å²) in [6.07, 6.45) is 3.45. The largest absolute Gasteiger partial charge is 0.391 e. The van der Waals surface area contributed by atoms with Crippen LogP contribution in [0.4, 0.5) is 5.69 Å². The second-order valence-electron chi connectivity index (χ2n) is 9.46. The van der Waals surface area contributed by atoms with E-state index >= 15 is 0 Å². The standard InChI is InChI=1S/C28H34N4O5.CH4/c1-18-3-13-23(14-4-18)29-17-25(34)30-24-15-9-21(10-16-24)6-5-20-7-11-22(12-8-20)27(35)31-26(19(2)33)28(36)32-37;/h7-12,15-16,18-19,23,26,29,33,37H,3-4,13-14,17H2,1-2H3,(H,30,34)(H,31,35)(H,32,36);1H4/t18?,19-,23?,26+;/m1./s1. The van der Waals surface area contributed by atoms with Crippen LogP contribution in [0.3, 0.4) is 0 Å². The van der Waals surface area contributed by atoms with Crippen molar-refractivity contribution < 1.29 is 24.7 Å². The first kappa shape index (κ1) is 30.5. The highest BCUT2D eigenvalue weighted by atomic mass is 16.5. The molecule has 0 bridgehead atoms. The summed E-state index contributed by atoms with van der Waals surface area (Å²) < 4.78 is 0. The maximum atomic E-state index is 12.4. The Labute approximate surface area is 224 Å². The van der Waals surface area contributed by atoms with Crippen LogP contribution in [0.5, 0.6) is 0 Å². The third-order valence-corrected chi connectivity index (χ3v) is 6.40. The summed E-state index contributed by atoms with van der Waals surface area (Å²) in [6.45, 7) is 3.90. The van der Waals surface area contributed by atoms with Gasteiger partial charge in [-0.2, -0.15) is 0 Å². The first-order valence-corrected chi connectivity index (χ1v) is 12.4. The maximum Gasteiger partial charge on any atom is 0.268 e. The Morgan fingerprint density at radius 3 is 2.03 bits per heavy atom. The van der Waals surface area contributed by atoms with Crippen LogP contribution in [0.1, 0.15) is 68.4 Å². The van der Waals surface area contributed by atoms with E-state index in [1.54, 1.807) is 36.4 Å². The lowest BCUT2D eigenvalue weighted by Crippen LogP contribution is -2.51. The van der Waals surface area contributed by atoms with E-state index < -0.39 is 24.0 Å². The number of aliphatic hydroxyl groups is 1. The highest BCUT2D eigenvalue weighted by molar-refractivity contribution is 5.97. The van der Waals surface area contributed by atoms with Crippen LogP contribution >= 0.6 is 0 Å². The molecule has 0 saturated heterocycles. The Bertz CT molecular complexity index is 1130. The molecule has 0 aromatic heterocycles. The smallest absolute Gasteiger partial charge is 0.268 e. The van der Waals surface area contributed by atoms with Crippen LogP contribution in [0.25, 0.3) is 0 Å². The predicted octanol–water partition coefficient (Wildman–Crippen LogP) is 2.81. The van der Waals surface area contributed by atoms with E-state index in [1.165, 1.54) is 25.2 Å². The first-order valence-electron chi connectivity index (χ1n) is 12.4. The van der Waals surface area contributed by atoms with Crippen LogP contribution in [0.2, 0.25) is 0 Å². The third kappa shape index (κ3) is 9.30. The molecule has 1 aliphatic rings. The molecule has 204 valence electrons. The Morgan fingerprint density at radius 2 is 1.50 bits per heavy atom. The number of hydrogen-bond donors (Lipinski definition) is 6. The molecule has 9 heteroatoms. The van der Waals surface area contributed by atoms with Gasteiger partial charge in [0.05, 0.1) is 12.6 Å². The first-order chi connectivity index (χ1) is 17.7. The summed E-state index contributed by atoms with van der Waals surface area (Å²) in [4.78, 5) is 36.2. The van der Waals surface area contributed by atoms with E-state index in [4.69, 9.17) is 5.21 Å². The minimum atomic E-state index is -1.29. The predicted molar refractivity (Wildman–Crippen MR) is 147 cm³/mol. The monoisotopic (exact) mass is 522 g/mol. The molecule has 3 rings (SSSR count). The van der Waals surface area contributed by atoms with Crippen LogP contribution < -0.4 is 21.4 Å². The lowest BCUT2D eigenvalue weighted by atomic mass is 9.87. The highest BCUT2D eigenvalue weighted by Gasteiger charge is 2.25. The molecule has 3 amide bonds. The molecule has 0 heterocycles. The molecule has 6 N–H and O–H groups in total. The summed E-state index contributed by atoms with van der Waals surface area (Å²) in [5, 5.41) is 27.0. The highest BCUT2D eigenvalue weighted by Crippen LogP contribution is 2.23. The fourth-order valence-corrected chi connectivity index (χ4v) is 4.09. The van der Waals surface area contributed by atoms with E-state index in [1.807, 2.05) is 12.1 Å². The molecule has 0 unspecified atom stereocenters. The Kier molecular flexibility index (Phi) is 12.0. The van der Waals surface area contributed by atoms with Crippen molar-refractivity contribution in [2.75, 3.05) is 11.9 Å². The Hall–Kier alpha value is -3.71. The third-order valence-electron chi connectivity index (χ3n) is 6.40. The maximum absolute atomic E-state index is 12.4. The number of hydroxylamine groups is 1. The Morgan fingerprint density at radius 1 is 0.947 bits per heavy atom. The lowest BCUT2D eigenvalue weighted by molar-refractivity contribution is -0.133. The molecule has 1 fully saturated rings. The SMILES string of the molecule is C.CC1CCC(NCC(=O)Nc2ccc(C#Cc3ccc(C(=O)N[C@H](C(=O)NO)[C@@H](C)O)cc3)cc2)CC1. The van der Waals surface area contributed by atoms with E-state index in [0.29, 0.717) is 23.8 Å². The van der Waals surface area contributed by atoms with Gasteiger partial charge in [0, 0.05) is 28.4 Å². The van der Waals surface area contributed by atoms with Gasteiger partial charge in [-0.1, -0.05) is 26.2 Å². The zero-order valence-corrected chi connectivity index (χ0v) is 21.1. The second-order valence-corrected chi connectivity index (χ2v) is 9.46. The van der Waals surface area contributed by atoms with Gasteiger partial charge >= 0.3 is 0 Å². The van der Waals surface area contributed by atoms with Crippen molar-refractivity contribution in [1.82, 2.24) is 16.1 Å². The number of anilines is 1. The van der Waals surface area contributed by atoms with Gasteiger partial charge in [-0.15, -0.1) is 0 Å². The van der Waals surface area contributed by atoms with Gasteiger partial charge in [0.25, 0.3) is 11.8 Å². The van der Waals surface area contributed by atoms with Gasteiger partial charge in [0.2, 0.25) is 5.91 Å². The molecule has 1 saturated carbocycles. The molecule has 2 aromatic carbocycles. The summed E-state index contributed by atoms with van der Waals surface area (Å²) in [5.74, 6) is 5.28. The van der Waals surface area contributed by atoms with Crippen LogP contribution in [0, 0.1) is 17.8 Å². The molecule has 0 aliphatic heterocycles. The van der Waals surface area contributed by atoms with Crippen molar-refractivity contribution in [2.45, 2.75) is 65.1 Å².